The van der Waals surface area contributed by atoms with Crippen LogP contribution in [0, 0.1) is 0 Å². The Morgan fingerprint density at radius 1 is 1.00 bits per heavy atom. The molecule has 3 aromatic rings. The van der Waals surface area contributed by atoms with E-state index < -0.39 is 15.9 Å². The van der Waals surface area contributed by atoms with E-state index >= 15 is 0 Å². The average Bonchev–Trinajstić information content (AvgIpc) is 2.84. The molecule has 0 aliphatic heterocycles. The van der Waals surface area contributed by atoms with Crippen LogP contribution in [0.15, 0.2) is 59.5 Å². The summed E-state index contributed by atoms with van der Waals surface area (Å²) in [7, 11) is -3.93. The van der Waals surface area contributed by atoms with Gasteiger partial charge in [0.1, 0.15) is 0 Å². The van der Waals surface area contributed by atoms with E-state index in [4.69, 9.17) is 0 Å². The maximum atomic E-state index is 12.6. The Hall–Kier alpha value is -2.60. The lowest BCUT2D eigenvalue weighted by molar-refractivity contribution is 0.112. The Bertz CT molecular complexity index is 927. The molecule has 21 heavy (non-hydrogen) atoms. The van der Waals surface area contributed by atoms with Crippen molar-refractivity contribution in [1.82, 2.24) is 3.97 Å². The predicted molar refractivity (Wildman–Crippen MR) is 78.0 cm³/mol. The molecule has 0 radical (unpaired) electrons. The smallest absolute Gasteiger partial charge is 0.271 e. The molecule has 2 aromatic carbocycles. The second-order valence-electron chi connectivity index (χ2n) is 4.48. The zero-order chi connectivity index (χ0) is 15.0. The number of carbonyl (C=O) groups is 1. The molecule has 106 valence electrons. The van der Waals surface area contributed by atoms with E-state index in [1.807, 2.05) is 0 Å². The van der Waals surface area contributed by atoms with Gasteiger partial charge in [0.2, 0.25) is 5.88 Å². The van der Waals surface area contributed by atoms with Crippen LogP contribution in [0.2, 0.25) is 0 Å². The van der Waals surface area contributed by atoms with Gasteiger partial charge in [-0.1, -0.05) is 30.3 Å². The summed E-state index contributed by atoms with van der Waals surface area (Å²) in [6.45, 7) is 0. The first-order valence-corrected chi connectivity index (χ1v) is 7.59. The molecule has 6 heteroatoms. The number of hydrogen-bond acceptors (Lipinski definition) is 4. The molecule has 0 saturated heterocycles. The molecule has 0 spiro atoms. The third-order valence-corrected chi connectivity index (χ3v) is 4.96. The molecule has 0 saturated carbocycles. The van der Waals surface area contributed by atoms with E-state index in [1.54, 1.807) is 36.4 Å². The second kappa shape index (κ2) is 4.75. The molecular weight excluding hydrogens is 290 g/mol. The van der Waals surface area contributed by atoms with Crippen LogP contribution < -0.4 is 0 Å². The molecular formula is C15H11NO4S. The Labute approximate surface area is 121 Å². The van der Waals surface area contributed by atoms with Crippen molar-refractivity contribution in [2.45, 2.75) is 4.90 Å². The standard InChI is InChI=1S/C15H11NO4S/c17-10-11-5-4-8-14-13(11)9-15(18)16(14)21(19,20)12-6-2-1-3-7-12/h1-10,18H. The highest BCUT2D eigenvalue weighted by Gasteiger charge is 2.23. The van der Waals surface area contributed by atoms with E-state index in [0.29, 0.717) is 17.2 Å². The largest absolute Gasteiger partial charge is 0.494 e. The van der Waals surface area contributed by atoms with Crippen molar-refractivity contribution in [3.8, 4) is 5.88 Å². The lowest BCUT2D eigenvalue weighted by Crippen LogP contribution is -2.12. The van der Waals surface area contributed by atoms with Gasteiger partial charge in [0.25, 0.3) is 10.0 Å². The van der Waals surface area contributed by atoms with Crippen LogP contribution >= 0.6 is 0 Å². The molecule has 0 unspecified atom stereocenters. The maximum absolute atomic E-state index is 12.6. The average molecular weight is 301 g/mol. The first-order valence-electron chi connectivity index (χ1n) is 6.15. The summed E-state index contributed by atoms with van der Waals surface area (Å²) in [4.78, 5) is 11.1. The number of rotatable bonds is 3. The van der Waals surface area contributed by atoms with Crippen molar-refractivity contribution >= 4 is 27.2 Å². The third-order valence-electron chi connectivity index (χ3n) is 3.23. The Morgan fingerprint density at radius 3 is 2.38 bits per heavy atom. The van der Waals surface area contributed by atoms with E-state index in [1.165, 1.54) is 18.2 Å². The van der Waals surface area contributed by atoms with Crippen molar-refractivity contribution in [2.24, 2.45) is 0 Å². The number of fused-ring (bicyclic) bond motifs is 1. The fourth-order valence-electron chi connectivity index (χ4n) is 2.27. The van der Waals surface area contributed by atoms with Gasteiger partial charge in [-0.3, -0.25) is 4.79 Å². The maximum Gasteiger partial charge on any atom is 0.271 e. The fourth-order valence-corrected chi connectivity index (χ4v) is 3.70. The van der Waals surface area contributed by atoms with Crippen LogP contribution in [-0.4, -0.2) is 23.8 Å². The van der Waals surface area contributed by atoms with Gasteiger partial charge < -0.3 is 5.11 Å². The first-order chi connectivity index (χ1) is 10.1. The number of aldehydes is 1. The van der Waals surface area contributed by atoms with Crippen LogP contribution in [0.4, 0.5) is 0 Å². The summed E-state index contributed by atoms with van der Waals surface area (Å²) in [5.41, 5.74) is 0.589. The van der Waals surface area contributed by atoms with Crippen molar-refractivity contribution in [1.29, 1.82) is 0 Å². The van der Waals surface area contributed by atoms with E-state index in [2.05, 4.69) is 0 Å². The number of aromatic hydroxyl groups is 1. The zero-order valence-electron chi connectivity index (χ0n) is 10.8. The predicted octanol–water partition coefficient (Wildman–Crippen LogP) is 2.40. The number of hydrogen-bond donors (Lipinski definition) is 1. The van der Waals surface area contributed by atoms with Gasteiger partial charge in [0.05, 0.1) is 10.4 Å². The topological polar surface area (TPSA) is 76.4 Å². The first kappa shape index (κ1) is 13.4. The lowest BCUT2D eigenvalue weighted by Gasteiger charge is -2.08. The molecule has 1 N–H and O–H groups in total. The van der Waals surface area contributed by atoms with Crippen LogP contribution in [0.5, 0.6) is 5.88 Å². The quantitative estimate of drug-likeness (QED) is 0.754. The minimum Gasteiger partial charge on any atom is -0.494 e. The zero-order valence-corrected chi connectivity index (χ0v) is 11.6. The monoisotopic (exact) mass is 301 g/mol. The normalized spacial score (nSPS) is 11.6. The minimum atomic E-state index is -3.93. The summed E-state index contributed by atoms with van der Waals surface area (Å²) in [6.07, 6.45) is 0.626. The second-order valence-corrected chi connectivity index (χ2v) is 6.27. The molecule has 0 aliphatic rings. The summed E-state index contributed by atoms with van der Waals surface area (Å²) in [5.74, 6) is -0.428. The SMILES string of the molecule is O=Cc1cccc2c1cc(O)n2S(=O)(=O)c1ccccc1. The Morgan fingerprint density at radius 2 is 1.71 bits per heavy atom. The number of carbonyl (C=O) groups excluding carboxylic acids is 1. The van der Waals surface area contributed by atoms with E-state index in [-0.39, 0.29) is 10.4 Å². The van der Waals surface area contributed by atoms with Gasteiger partial charge in [-0.2, -0.15) is 0 Å². The molecule has 1 heterocycles. The van der Waals surface area contributed by atoms with Crippen LogP contribution in [0.25, 0.3) is 10.9 Å². The fraction of sp³-hybridized carbons (Fsp3) is 0. The van der Waals surface area contributed by atoms with Gasteiger partial charge in [0.15, 0.2) is 6.29 Å². The highest BCUT2D eigenvalue weighted by Crippen LogP contribution is 2.30. The van der Waals surface area contributed by atoms with Crippen LogP contribution in [0.3, 0.4) is 0 Å². The van der Waals surface area contributed by atoms with Gasteiger partial charge in [-0.15, -0.1) is 0 Å². The summed E-state index contributed by atoms with van der Waals surface area (Å²) in [5, 5.41) is 10.4. The summed E-state index contributed by atoms with van der Waals surface area (Å²) in [6, 6.07) is 13.8. The van der Waals surface area contributed by atoms with E-state index in [0.717, 1.165) is 3.97 Å². The molecule has 1 aromatic heterocycles. The highest BCUT2D eigenvalue weighted by molar-refractivity contribution is 7.90. The summed E-state index contributed by atoms with van der Waals surface area (Å²) < 4.78 is 26.1. The number of aromatic nitrogens is 1. The van der Waals surface area contributed by atoms with Crippen molar-refractivity contribution in [3.63, 3.8) is 0 Å². The molecule has 0 fully saturated rings. The number of nitrogens with zero attached hydrogens (tertiary/aromatic N) is 1. The van der Waals surface area contributed by atoms with Crippen LogP contribution in [0.1, 0.15) is 10.4 Å². The minimum absolute atomic E-state index is 0.0642. The highest BCUT2D eigenvalue weighted by atomic mass is 32.2. The molecule has 0 aliphatic carbocycles. The molecule has 0 bridgehead atoms. The summed E-state index contributed by atoms with van der Waals surface area (Å²) >= 11 is 0. The Balaban J connectivity index is 2.36. The van der Waals surface area contributed by atoms with Gasteiger partial charge in [-0.05, 0) is 18.2 Å². The van der Waals surface area contributed by atoms with Crippen molar-refractivity contribution in [3.05, 3.63) is 60.2 Å². The van der Waals surface area contributed by atoms with Gasteiger partial charge in [0, 0.05) is 17.0 Å². The molecule has 0 amide bonds. The van der Waals surface area contributed by atoms with Crippen molar-refractivity contribution in [2.75, 3.05) is 0 Å². The van der Waals surface area contributed by atoms with Gasteiger partial charge >= 0.3 is 0 Å². The number of benzene rings is 2. The van der Waals surface area contributed by atoms with Crippen molar-refractivity contribution < 1.29 is 18.3 Å². The molecule has 3 rings (SSSR count). The Kier molecular flexibility index (Phi) is 3.03. The van der Waals surface area contributed by atoms with Crippen LogP contribution in [-0.2, 0) is 10.0 Å². The molecule has 0 atom stereocenters. The lowest BCUT2D eigenvalue weighted by atomic mass is 10.1. The molecule has 5 nitrogen and oxygen atoms in total. The third kappa shape index (κ3) is 2.00. The van der Waals surface area contributed by atoms with E-state index in [9.17, 15) is 18.3 Å². The van der Waals surface area contributed by atoms with Gasteiger partial charge in [-0.25, -0.2) is 12.4 Å².